The van der Waals surface area contributed by atoms with E-state index < -0.39 is 17.7 Å². The van der Waals surface area contributed by atoms with Crippen LogP contribution in [0.1, 0.15) is 18.9 Å². The maximum Gasteiger partial charge on any atom is 0.126 e. The molecule has 5 heteroatoms. The average molecular weight is 289 g/mol. The van der Waals surface area contributed by atoms with Crippen molar-refractivity contribution in [2.45, 2.75) is 31.9 Å². The highest BCUT2D eigenvalue weighted by Crippen LogP contribution is 2.11. The number of nitrogens with one attached hydrogen (secondary N) is 1. The molecular weight excluding hydrogens is 268 g/mol. The first kappa shape index (κ1) is 16.4. The molecule has 0 fully saturated rings. The van der Waals surface area contributed by atoms with Crippen molar-refractivity contribution in [1.29, 1.82) is 0 Å². The van der Waals surface area contributed by atoms with Crippen LogP contribution in [0.3, 0.4) is 0 Å². The molecule has 108 valence electrons. The molecule has 0 aliphatic heterocycles. The minimum Gasteiger partial charge on any atom is -0.391 e. The van der Waals surface area contributed by atoms with Crippen molar-refractivity contribution in [1.82, 2.24) is 5.32 Å². The third kappa shape index (κ3) is 6.36. The van der Waals surface area contributed by atoms with Gasteiger partial charge in [0.1, 0.15) is 11.6 Å². The minimum atomic E-state index is -0.657. The molecule has 2 N–H and O–H groups in total. The first-order valence-electron chi connectivity index (χ1n) is 6.38. The van der Waals surface area contributed by atoms with Gasteiger partial charge in [0, 0.05) is 18.5 Å². The van der Waals surface area contributed by atoms with Crippen LogP contribution in [0.2, 0.25) is 0 Å². The summed E-state index contributed by atoms with van der Waals surface area (Å²) < 4.78 is 26.1. The summed E-state index contributed by atoms with van der Waals surface area (Å²) in [6.07, 6.45) is 2.67. The van der Waals surface area contributed by atoms with Crippen LogP contribution >= 0.6 is 11.8 Å². The summed E-state index contributed by atoms with van der Waals surface area (Å²) in [4.78, 5) is 0. The van der Waals surface area contributed by atoms with Crippen molar-refractivity contribution in [3.8, 4) is 0 Å². The van der Waals surface area contributed by atoms with Gasteiger partial charge < -0.3 is 10.4 Å². The van der Waals surface area contributed by atoms with E-state index in [4.69, 9.17) is 0 Å². The molecule has 1 aromatic rings. The predicted molar refractivity (Wildman–Crippen MR) is 76.5 cm³/mol. The molecule has 2 atom stereocenters. The van der Waals surface area contributed by atoms with Crippen LogP contribution in [-0.4, -0.2) is 35.8 Å². The Labute approximate surface area is 117 Å². The van der Waals surface area contributed by atoms with Gasteiger partial charge in [0.05, 0.1) is 6.10 Å². The van der Waals surface area contributed by atoms with Crippen molar-refractivity contribution >= 4 is 11.8 Å². The van der Waals surface area contributed by atoms with Crippen molar-refractivity contribution in [2.24, 2.45) is 0 Å². The van der Waals surface area contributed by atoms with Crippen LogP contribution in [0.15, 0.2) is 18.2 Å². The van der Waals surface area contributed by atoms with E-state index in [9.17, 15) is 13.9 Å². The van der Waals surface area contributed by atoms with Gasteiger partial charge in [-0.15, -0.1) is 0 Å². The molecule has 0 aromatic heterocycles. The first-order chi connectivity index (χ1) is 9.02. The predicted octanol–water partition coefficient (Wildman–Crippen LogP) is 2.60. The topological polar surface area (TPSA) is 32.3 Å². The van der Waals surface area contributed by atoms with Crippen molar-refractivity contribution < 1.29 is 13.9 Å². The quantitative estimate of drug-likeness (QED) is 0.722. The molecule has 0 radical (unpaired) electrons. The highest BCUT2D eigenvalue weighted by atomic mass is 32.2. The number of hydrogen-bond donors (Lipinski definition) is 2. The van der Waals surface area contributed by atoms with E-state index in [1.165, 1.54) is 12.1 Å². The van der Waals surface area contributed by atoms with Crippen LogP contribution in [0.5, 0.6) is 0 Å². The van der Waals surface area contributed by atoms with Crippen LogP contribution in [0, 0.1) is 11.6 Å². The molecule has 0 amide bonds. The fourth-order valence-electron chi connectivity index (χ4n) is 1.83. The molecule has 0 saturated carbocycles. The molecule has 0 spiro atoms. The molecule has 19 heavy (non-hydrogen) atoms. The zero-order valence-corrected chi connectivity index (χ0v) is 12.1. The van der Waals surface area contributed by atoms with Crippen LogP contribution in [-0.2, 0) is 6.42 Å². The van der Waals surface area contributed by atoms with Gasteiger partial charge in [0.2, 0.25) is 0 Å². The molecule has 0 heterocycles. The molecule has 1 rings (SSSR count). The fraction of sp³-hybridized carbons (Fsp3) is 0.571. The summed E-state index contributed by atoms with van der Waals surface area (Å²) in [7, 11) is 0. The summed E-state index contributed by atoms with van der Waals surface area (Å²) in [6, 6.07) is 3.24. The zero-order chi connectivity index (χ0) is 14.3. The highest BCUT2D eigenvalue weighted by Gasteiger charge is 2.15. The average Bonchev–Trinajstić information content (AvgIpc) is 2.33. The number of hydrogen-bond acceptors (Lipinski definition) is 3. The smallest absolute Gasteiger partial charge is 0.126 e. The van der Waals surface area contributed by atoms with Gasteiger partial charge in [-0.2, -0.15) is 11.8 Å². The molecular formula is C14H21F2NOS. The Morgan fingerprint density at radius 1 is 1.26 bits per heavy atom. The van der Waals surface area contributed by atoms with E-state index in [1.807, 2.05) is 6.92 Å². The van der Waals surface area contributed by atoms with Crippen LogP contribution < -0.4 is 5.32 Å². The Morgan fingerprint density at radius 2 is 1.89 bits per heavy atom. The van der Waals surface area contributed by atoms with E-state index in [-0.39, 0.29) is 12.5 Å². The Hall–Kier alpha value is -0.650. The van der Waals surface area contributed by atoms with Gasteiger partial charge in [0.25, 0.3) is 0 Å². The first-order valence-corrected chi connectivity index (χ1v) is 7.77. The Bertz CT molecular complexity index is 369. The van der Waals surface area contributed by atoms with E-state index in [0.717, 1.165) is 24.8 Å². The van der Waals surface area contributed by atoms with E-state index in [0.29, 0.717) is 5.56 Å². The lowest BCUT2D eigenvalue weighted by atomic mass is 10.0. The third-order valence-corrected chi connectivity index (χ3v) is 3.63. The van der Waals surface area contributed by atoms with Gasteiger partial charge in [-0.05, 0) is 49.6 Å². The lowest BCUT2D eigenvalue weighted by Crippen LogP contribution is -2.39. The minimum absolute atomic E-state index is 0.104. The molecule has 2 nitrogen and oxygen atoms in total. The molecule has 2 unspecified atom stereocenters. The highest BCUT2D eigenvalue weighted by molar-refractivity contribution is 7.98. The summed E-state index contributed by atoms with van der Waals surface area (Å²) in [5.74, 6) is -0.143. The molecule has 0 saturated heterocycles. The van der Waals surface area contributed by atoms with E-state index >= 15 is 0 Å². The van der Waals surface area contributed by atoms with Gasteiger partial charge in [0.15, 0.2) is 0 Å². The molecule has 1 aromatic carbocycles. The van der Waals surface area contributed by atoms with Crippen molar-refractivity contribution in [2.75, 3.05) is 18.6 Å². The lowest BCUT2D eigenvalue weighted by Gasteiger charge is -2.20. The summed E-state index contributed by atoms with van der Waals surface area (Å²) in [5.41, 5.74) is 0.475. The molecule has 0 bridgehead atoms. The normalized spacial score (nSPS) is 14.4. The fourth-order valence-corrected chi connectivity index (χ4v) is 2.26. The van der Waals surface area contributed by atoms with Crippen LogP contribution in [0.4, 0.5) is 8.78 Å². The lowest BCUT2D eigenvalue weighted by molar-refractivity contribution is 0.134. The Morgan fingerprint density at radius 3 is 2.47 bits per heavy atom. The Kier molecular flexibility index (Phi) is 7.34. The number of aliphatic hydroxyl groups excluding tert-OH is 1. The van der Waals surface area contributed by atoms with Gasteiger partial charge >= 0.3 is 0 Å². The number of thioether (sulfide) groups is 1. The second-order valence-corrected chi connectivity index (χ2v) is 5.62. The number of halogens is 2. The summed E-state index contributed by atoms with van der Waals surface area (Å²) >= 11 is 1.78. The summed E-state index contributed by atoms with van der Waals surface area (Å²) in [5, 5.41) is 13.2. The number of aliphatic hydroxyl groups is 1. The van der Waals surface area contributed by atoms with Crippen LogP contribution in [0.25, 0.3) is 0 Å². The monoisotopic (exact) mass is 289 g/mol. The van der Waals surface area contributed by atoms with Gasteiger partial charge in [-0.3, -0.25) is 0 Å². The van der Waals surface area contributed by atoms with Gasteiger partial charge in [-0.25, -0.2) is 8.78 Å². The number of benzene rings is 1. The van der Waals surface area contributed by atoms with Gasteiger partial charge in [-0.1, -0.05) is 0 Å². The largest absolute Gasteiger partial charge is 0.391 e. The Balaban J connectivity index is 2.42. The third-order valence-electron chi connectivity index (χ3n) is 2.94. The zero-order valence-electron chi connectivity index (χ0n) is 11.3. The number of rotatable bonds is 8. The maximum absolute atomic E-state index is 13.0. The molecule has 0 aliphatic rings. The summed E-state index contributed by atoms with van der Waals surface area (Å²) in [6.45, 7) is 2.70. The maximum atomic E-state index is 13.0. The second-order valence-electron chi connectivity index (χ2n) is 4.64. The SMILES string of the molecule is CSCCCNC(C)C(O)Cc1cc(F)cc(F)c1. The van der Waals surface area contributed by atoms with Crippen molar-refractivity contribution in [3.63, 3.8) is 0 Å². The standard InChI is InChI=1S/C14H21F2NOS/c1-10(17-4-3-5-19-2)14(18)8-11-6-12(15)9-13(16)7-11/h6-7,9-10,14,17-18H,3-5,8H2,1-2H3. The van der Waals surface area contributed by atoms with E-state index in [2.05, 4.69) is 11.6 Å². The molecule has 0 aliphatic carbocycles. The van der Waals surface area contributed by atoms with E-state index in [1.54, 1.807) is 11.8 Å². The second kappa shape index (κ2) is 8.51. The van der Waals surface area contributed by atoms with Crippen molar-refractivity contribution in [3.05, 3.63) is 35.4 Å².